The maximum atomic E-state index is 4.26. The van der Waals surface area contributed by atoms with Crippen LogP contribution in [-0.2, 0) is 0 Å². The highest BCUT2D eigenvalue weighted by atomic mass is 14.2. The minimum Gasteiger partial charge on any atom is -0.0998 e. The standard InChI is InChI=1S/C20H28/c1-15(2)13-17(4)14-18-7-11-20(12-8-18)19-9-5-16(3)6-10-19/h5-6,9-11,15,18H,4,7-8,12-14H2,1-3H3. The summed E-state index contributed by atoms with van der Waals surface area (Å²) < 4.78 is 0. The van der Waals surface area contributed by atoms with Gasteiger partial charge in [0.15, 0.2) is 0 Å². The van der Waals surface area contributed by atoms with Crippen LogP contribution < -0.4 is 0 Å². The minimum absolute atomic E-state index is 0.741. The Morgan fingerprint density at radius 3 is 2.50 bits per heavy atom. The summed E-state index contributed by atoms with van der Waals surface area (Å²) in [6, 6.07) is 8.96. The Labute approximate surface area is 124 Å². The molecule has 1 atom stereocenters. The molecule has 0 nitrogen and oxygen atoms in total. The van der Waals surface area contributed by atoms with Crippen LogP contribution in [0.25, 0.3) is 5.57 Å². The van der Waals surface area contributed by atoms with Gasteiger partial charge in [0, 0.05) is 0 Å². The summed E-state index contributed by atoms with van der Waals surface area (Å²) >= 11 is 0. The Hall–Kier alpha value is -1.30. The fourth-order valence-corrected chi connectivity index (χ4v) is 3.17. The average Bonchev–Trinajstić information content (AvgIpc) is 2.39. The van der Waals surface area contributed by atoms with Crippen molar-refractivity contribution in [2.75, 3.05) is 0 Å². The van der Waals surface area contributed by atoms with Crippen LogP contribution in [0.4, 0.5) is 0 Å². The van der Waals surface area contributed by atoms with Crippen LogP contribution in [0.2, 0.25) is 0 Å². The highest BCUT2D eigenvalue weighted by Gasteiger charge is 2.16. The molecule has 0 aliphatic heterocycles. The molecule has 1 aliphatic rings. The fraction of sp³-hybridized carbons (Fsp3) is 0.500. The van der Waals surface area contributed by atoms with E-state index in [2.05, 4.69) is 57.7 Å². The van der Waals surface area contributed by atoms with Crippen LogP contribution in [0, 0.1) is 18.8 Å². The smallest absolute Gasteiger partial charge is 0.0228 e. The first kappa shape index (κ1) is 15.1. The van der Waals surface area contributed by atoms with E-state index in [-0.39, 0.29) is 0 Å². The lowest BCUT2D eigenvalue weighted by molar-refractivity contribution is 0.465. The Kier molecular flexibility index (Phi) is 5.23. The van der Waals surface area contributed by atoms with Gasteiger partial charge >= 0.3 is 0 Å². The van der Waals surface area contributed by atoms with Crippen molar-refractivity contribution in [1.29, 1.82) is 0 Å². The van der Waals surface area contributed by atoms with Crippen LogP contribution in [0.15, 0.2) is 42.5 Å². The molecule has 0 amide bonds. The van der Waals surface area contributed by atoms with Crippen LogP contribution >= 0.6 is 0 Å². The zero-order valence-electron chi connectivity index (χ0n) is 13.3. The van der Waals surface area contributed by atoms with E-state index in [1.807, 2.05) is 0 Å². The van der Waals surface area contributed by atoms with Crippen molar-refractivity contribution < 1.29 is 0 Å². The molecule has 0 N–H and O–H groups in total. The Balaban J connectivity index is 1.90. The molecule has 0 heterocycles. The first-order chi connectivity index (χ1) is 9.54. The molecule has 2 rings (SSSR count). The second-order valence-corrected chi connectivity index (χ2v) is 6.79. The van der Waals surface area contributed by atoms with E-state index in [0.29, 0.717) is 0 Å². The van der Waals surface area contributed by atoms with Gasteiger partial charge in [0.25, 0.3) is 0 Å². The number of rotatable bonds is 5. The minimum atomic E-state index is 0.741. The Morgan fingerprint density at radius 1 is 1.25 bits per heavy atom. The van der Waals surface area contributed by atoms with E-state index >= 15 is 0 Å². The number of allylic oxidation sites excluding steroid dienone is 3. The highest BCUT2D eigenvalue weighted by molar-refractivity contribution is 5.66. The van der Waals surface area contributed by atoms with Crippen molar-refractivity contribution in [2.24, 2.45) is 11.8 Å². The molecule has 1 unspecified atom stereocenters. The van der Waals surface area contributed by atoms with Crippen LogP contribution in [0.3, 0.4) is 0 Å². The summed E-state index contributed by atoms with van der Waals surface area (Å²) in [6.07, 6.45) is 8.63. The molecule has 0 aromatic heterocycles. The number of hydrogen-bond donors (Lipinski definition) is 0. The third kappa shape index (κ3) is 4.37. The molecule has 1 aromatic carbocycles. The lowest BCUT2D eigenvalue weighted by Crippen LogP contribution is -2.07. The second-order valence-electron chi connectivity index (χ2n) is 6.79. The van der Waals surface area contributed by atoms with Crippen molar-refractivity contribution in [1.82, 2.24) is 0 Å². The van der Waals surface area contributed by atoms with E-state index in [9.17, 15) is 0 Å². The molecule has 0 spiro atoms. The molecule has 1 aromatic rings. The van der Waals surface area contributed by atoms with Crippen molar-refractivity contribution in [3.63, 3.8) is 0 Å². The molecule has 0 saturated heterocycles. The predicted octanol–water partition coefficient (Wildman–Crippen LogP) is 6.17. The summed E-state index contributed by atoms with van der Waals surface area (Å²) in [5.41, 5.74) is 5.73. The number of aryl methyl sites for hydroxylation is 1. The quantitative estimate of drug-likeness (QED) is 0.560. The first-order valence-corrected chi connectivity index (χ1v) is 7.97. The van der Waals surface area contributed by atoms with E-state index in [0.717, 1.165) is 11.8 Å². The summed E-state index contributed by atoms with van der Waals surface area (Å²) in [4.78, 5) is 0. The van der Waals surface area contributed by atoms with Gasteiger partial charge in [-0.1, -0.05) is 61.9 Å². The van der Waals surface area contributed by atoms with E-state index < -0.39 is 0 Å². The van der Waals surface area contributed by atoms with Crippen molar-refractivity contribution in [3.05, 3.63) is 53.6 Å². The van der Waals surface area contributed by atoms with Crippen molar-refractivity contribution >= 4 is 5.57 Å². The molecule has 108 valence electrons. The largest absolute Gasteiger partial charge is 0.0998 e. The molecule has 1 aliphatic carbocycles. The van der Waals surface area contributed by atoms with Gasteiger partial charge in [0.05, 0.1) is 0 Å². The zero-order chi connectivity index (χ0) is 14.5. The maximum absolute atomic E-state index is 4.26. The number of hydrogen-bond acceptors (Lipinski definition) is 0. The Morgan fingerprint density at radius 2 is 1.95 bits per heavy atom. The van der Waals surface area contributed by atoms with Gasteiger partial charge in [-0.3, -0.25) is 0 Å². The summed E-state index contributed by atoms with van der Waals surface area (Å²) in [5, 5.41) is 0. The van der Waals surface area contributed by atoms with Gasteiger partial charge in [0.2, 0.25) is 0 Å². The monoisotopic (exact) mass is 268 g/mol. The van der Waals surface area contributed by atoms with E-state index in [4.69, 9.17) is 0 Å². The van der Waals surface area contributed by atoms with Crippen molar-refractivity contribution in [2.45, 2.75) is 52.9 Å². The van der Waals surface area contributed by atoms with Gasteiger partial charge < -0.3 is 0 Å². The Bertz CT molecular complexity index is 473. The molecule has 20 heavy (non-hydrogen) atoms. The maximum Gasteiger partial charge on any atom is -0.0228 e. The molecule has 0 radical (unpaired) electrons. The third-order valence-electron chi connectivity index (χ3n) is 4.22. The van der Waals surface area contributed by atoms with Gasteiger partial charge in [0.1, 0.15) is 0 Å². The zero-order valence-corrected chi connectivity index (χ0v) is 13.3. The lowest BCUT2D eigenvalue weighted by atomic mass is 9.82. The lowest BCUT2D eigenvalue weighted by Gasteiger charge is -2.23. The van der Waals surface area contributed by atoms with Gasteiger partial charge in [-0.15, -0.1) is 0 Å². The van der Waals surface area contributed by atoms with Crippen LogP contribution in [0.1, 0.15) is 57.1 Å². The highest BCUT2D eigenvalue weighted by Crippen LogP contribution is 2.34. The second kappa shape index (κ2) is 6.92. The molecule has 0 fully saturated rings. The van der Waals surface area contributed by atoms with Crippen LogP contribution in [-0.4, -0.2) is 0 Å². The summed E-state index contributed by atoms with van der Waals surface area (Å²) in [7, 11) is 0. The van der Waals surface area contributed by atoms with Gasteiger partial charge in [-0.2, -0.15) is 0 Å². The first-order valence-electron chi connectivity index (χ1n) is 7.97. The average molecular weight is 268 g/mol. The van der Waals surface area contributed by atoms with Crippen molar-refractivity contribution in [3.8, 4) is 0 Å². The normalized spacial score (nSPS) is 19.0. The van der Waals surface area contributed by atoms with Gasteiger partial charge in [-0.25, -0.2) is 0 Å². The molecule has 0 bridgehead atoms. The molecule has 0 saturated carbocycles. The molecule has 0 heteroatoms. The summed E-state index contributed by atoms with van der Waals surface area (Å²) in [5.74, 6) is 1.56. The van der Waals surface area contributed by atoms with Crippen LogP contribution in [0.5, 0.6) is 0 Å². The number of benzene rings is 1. The van der Waals surface area contributed by atoms with Gasteiger partial charge in [-0.05, 0) is 62.0 Å². The fourth-order valence-electron chi connectivity index (χ4n) is 3.17. The van der Waals surface area contributed by atoms with E-state index in [1.165, 1.54) is 54.4 Å². The summed E-state index contributed by atoms with van der Waals surface area (Å²) in [6.45, 7) is 11.0. The SMILES string of the molecule is C=C(CC(C)C)CC1CC=C(c2ccc(C)cc2)CC1. The molecular formula is C20H28. The molecular weight excluding hydrogens is 240 g/mol. The topological polar surface area (TPSA) is 0 Å². The third-order valence-corrected chi connectivity index (χ3v) is 4.22. The predicted molar refractivity (Wildman–Crippen MR) is 89.7 cm³/mol. The van der Waals surface area contributed by atoms with E-state index in [1.54, 1.807) is 0 Å².